The molecular formula is C22H25N5O5. The van der Waals surface area contributed by atoms with E-state index in [0.717, 1.165) is 35.0 Å². The van der Waals surface area contributed by atoms with Crippen molar-refractivity contribution >= 4 is 23.1 Å². The van der Waals surface area contributed by atoms with Gasteiger partial charge in [0.1, 0.15) is 11.3 Å². The Balaban J connectivity index is 1.38. The molecule has 10 heteroatoms. The number of aryl methyl sites for hydroxylation is 1. The van der Waals surface area contributed by atoms with E-state index >= 15 is 0 Å². The molecule has 1 fully saturated rings. The van der Waals surface area contributed by atoms with Crippen LogP contribution < -0.4 is 16.7 Å². The van der Waals surface area contributed by atoms with Crippen molar-refractivity contribution < 1.29 is 14.4 Å². The lowest BCUT2D eigenvalue weighted by atomic mass is 10.1. The molecule has 3 heterocycles. The van der Waals surface area contributed by atoms with Gasteiger partial charge in [0.15, 0.2) is 11.9 Å². The highest BCUT2D eigenvalue weighted by atomic mass is 16.8. The van der Waals surface area contributed by atoms with Gasteiger partial charge in [0.25, 0.3) is 11.5 Å². The summed E-state index contributed by atoms with van der Waals surface area (Å²) in [4.78, 5) is 49.0. The van der Waals surface area contributed by atoms with Gasteiger partial charge in [-0.2, -0.15) is 0 Å². The Morgan fingerprint density at radius 1 is 1.25 bits per heavy atom. The number of carbonyl (C=O) groups is 1. The molecule has 168 valence electrons. The molecule has 1 aromatic carbocycles. The quantitative estimate of drug-likeness (QED) is 0.439. The summed E-state index contributed by atoms with van der Waals surface area (Å²) in [5.74, 6) is 0.223. The number of carbonyl (C=O) groups excluding carboxylic acids is 1. The van der Waals surface area contributed by atoms with Crippen LogP contribution in [0.5, 0.6) is 0 Å². The number of H-pyrrole nitrogens is 1. The third kappa shape index (κ3) is 4.71. The number of hydrogen-bond acceptors (Lipinski definition) is 6. The first-order valence-electron chi connectivity index (χ1n) is 10.4. The standard InChI is InChI=1S/C22H25N5O5/c1-26-20-19(21(29)27(2)22(26)30)23-16(24-20)13-15-8-6-14(7-9-15)10-11-17(28)25-32-18-5-3-4-12-31-18/h6-11,18H,3-5,12-13H2,1-2H3,(H,23,24)(H,25,28)/b11-10+. The van der Waals surface area contributed by atoms with Gasteiger partial charge in [-0.25, -0.2) is 20.1 Å². The van der Waals surface area contributed by atoms with Crippen LogP contribution in [-0.4, -0.2) is 37.9 Å². The highest BCUT2D eigenvalue weighted by molar-refractivity contribution is 5.90. The Kier molecular flexibility index (Phi) is 6.33. The Morgan fingerprint density at radius 2 is 2.03 bits per heavy atom. The summed E-state index contributed by atoms with van der Waals surface area (Å²) in [7, 11) is 3.02. The lowest BCUT2D eigenvalue weighted by Crippen LogP contribution is -2.36. The molecule has 4 rings (SSSR count). The van der Waals surface area contributed by atoms with E-state index in [1.165, 1.54) is 17.7 Å². The topological polar surface area (TPSA) is 120 Å². The van der Waals surface area contributed by atoms with E-state index in [2.05, 4.69) is 15.4 Å². The minimum Gasteiger partial charge on any atom is -0.350 e. The van der Waals surface area contributed by atoms with Crippen LogP contribution in [0.4, 0.5) is 0 Å². The van der Waals surface area contributed by atoms with Crippen molar-refractivity contribution in [2.24, 2.45) is 14.1 Å². The molecule has 2 N–H and O–H groups in total. The predicted octanol–water partition coefficient (Wildman–Crippen LogP) is 1.14. The van der Waals surface area contributed by atoms with E-state index in [-0.39, 0.29) is 12.2 Å². The predicted molar refractivity (Wildman–Crippen MR) is 118 cm³/mol. The number of hydrogen-bond donors (Lipinski definition) is 2. The van der Waals surface area contributed by atoms with Gasteiger partial charge in [0.05, 0.1) is 0 Å². The monoisotopic (exact) mass is 439 g/mol. The lowest BCUT2D eigenvalue weighted by molar-refractivity contribution is -0.198. The first-order valence-corrected chi connectivity index (χ1v) is 10.4. The second kappa shape index (κ2) is 9.33. The number of aromatic nitrogens is 4. The van der Waals surface area contributed by atoms with Crippen LogP contribution in [0.3, 0.4) is 0 Å². The van der Waals surface area contributed by atoms with Crippen LogP contribution >= 0.6 is 0 Å². The van der Waals surface area contributed by atoms with E-state index in [4.69, 9.17) is 9.57 Å². The average molecular weight is 439 g/mol. The van der Waals surface area contributed by atoms with Crippen LogP contribution in [0.25, 0.3) is 17.2 Å². The summed E-state index contributed by atoms with van der Waals surface area (Å²) < 4.78 is 7.79. The largest absolute Gasteiger partial charge is 0.350 e. The summed E-state index contributed by atoms with van der Waals surface area (Å²) in [6.45, 7) is 0.644. The van der Waals surface area contributed by atoms with Crippen LogP contribution in [-0.2, 0) is 34.9 Å². The first-order chi connectivity index (χ1) is 15.4. The summed E-state index contributed by atoms with van der Waals surface area (Å²) in [6, 6.07) is 7.58. The van der Waals surface area contributed by atoms with Gasteiger partial charge in [-0.05, 0) is 30.0 Å². The SMILES string of the molecule is Cn1c(=O)c2[nH]c(Cc3ccc(/C=C/C(=O)NOC4CCCCO4)cc3)nc2n(C)c1=O. The minimum absolute atomic E-state index is 0.302. The molecular weight excluding hydrogens is 414 g/mol. The van der Waals surface area contributed by atoms with E-state index in [0.29, 0.717) is 30.0 Å². The van der Waals surface area contributed by atoms with Crippen molar-refractivity contribution in [1.29, 1.82) is 0 Å². The molecule has 0 saturated carbocycles. The first kappa shape index (κ1) is 21.7. The van der Waals surface area contributed by atoms with E-state index in [9.17, 15) is 14.4 Å². The van der Waals surface area contributed by atoms with Crippen LogP contribution in [0.2, 0.25) is 0 Å². The number of imidazole rings is 1. The molecule has 1 atom stereocenters. The molecule has 3 aromatic rings. The Morgan fingerprint density at radius 3 is 2.75 bits per heavy atom. The number of hydroxylamine groups is 1. The summed E-state index contributed by atoms with van der Waals surface area (Å²) in [6.07, 6.45) is 5.95. The van der Waals surface area contributed by atoms with Gasteiger partial charge in [-0.15, -0.1) is 0 Å². The highest BCUT2D eigenvalue weighted by Crippen LogP contribution is 2.13. The second-order valence-corrected chi connectivity index (χ2v) is 7.72. The molecule has 0 bridgehead atoms. The van der Waals surface area contributed by atoms with Gasteiger partial charge >= 0.3 is 5.69 Å². The zero-order chi connectivity index (χ0) is 22.7. The number of nitrogens with one attached hydrogen (secondary N) is 2. The van der Waals surface area contributed by atoms with Crippen molar-refractivity contribution in [1.82, 2.24) is 24.6 Å². The molecule has 32 heavy (non-hydrogen) atoms. The van der Waals surface area contributed by atoms with E-state index < -0.39 is 11.2 Å². The molecule has 0 aliphatic carbocycles. The number of ether oxygens (including phenoxy) is 1. The average Bonchev–Trinajstić information content (AvgIpc) is 3.24. The number of amides is 1. The molecule has 0 spiro atoms. The zero-order valence-corrected chi connectivity index (χ0v) is 18.0. The molecule has 1 unspecified atom stereocenters. The molecule has 1 saturated heterocycles. The number of fused-ring (bicyclic) bond motifs is 1. The summed E-state index contributed by atoms with van der Waals surface area (Å²) in [5.41, 5.74) is 4.00. The van der Waals surface area contributed by atoms with Crippen LogP contribution in [0.15, 0.2) is 39.9 Å². The molecule has 1 aliphatic heterocycles. The second-order valence-electron chi connectivity index (χ2n) is 7.72. The normalized spacial score (nSPS) is 16.6. The third-order valence-electron chi connectivity index (χ3n) is 5.35. The van der Waals surface area contributed by atoms with Gasteiger partial charge in [-0.3, -0.25) is 18.7 Å². The fraction of sp³-hybridized carbons (Fsp3) is 0.364. The van der Waals surface area contributed by atoms with E-state index in [1.807, 2.05) is 24.3 Å². The maximum Gasteiger partial charge on any atom is 0.332 e. The van der Waals surface area contributed by atoms with Crippen molar-refractivity contribution in [3.63, 3.8) is 0 Å². The molecule has 1 amide bonds. The molecule has 0 radical (unpaired) electrons. The summed E-state index contributed by atoms with van der Waals surface area (Å²) in [5, 5.41) is 0. The van der Waals surface area contributed by atoms with Gasteiger partial charge in [0, 0.05) is 39.6 Å². The number of aromatic amines is 1. The number of rotatable bonds is 6. The minimum atomic E-state index is -0.419. The van der Waals surface area contributed by atoms with Gasteiger partial charge in [-0.1, -0.05) is 24.3 Å². The Bertz CT molecular complexity index is 1260. The van der Waals surface area contributed by atoms with Crippen molar-refractivity contribution in [3.8, 4) is 0 Å². The summed E-state index contributed by atoms with van der Waals surface area (Å²) >= 11 is 0. The van der Waals surface area contributed by atoms with Crippen molar-refractivity contribution in [2.75, 3.05) is 6.61 Å². The number of nitrogens with zero attached hydrogens (tertiary/aromatic N) is 3. The number of benzene rings is 1. The van der Waals surface area contributed by atoms with E-state index in [1.54, 1.807) is 13.1 Å². The maximum atomic E-state index is 12.3. The molecule has 10 nitrogen and oxygen atoms in total. The molecule has 2 aromatic heterocycles. The highest BCUT2D eigenvalue weighted by Gasteiger charge is 2.15. The van der Waals surface area contributed by atoms with Crippen molar-refractivity contribution in [2.45, 2.75) is 32.0 Å². The van der Waals surface area contributed by atoms with Gasteiger partial charge in [0.2, 0.25) is 0 Å². The van der Waals surface area contributed by atoms with Crippen LogP contribution in [0.1, 0.15) is 36.2 Å². The molecule has 1 aliphatic rings. The maximum absolute atomic E-state index is 12.3. The zero-order valence-electron chi connectivity index (χ0n) is 18.0. The fourth-order valence-corrected chi connectivity index (χ4v) is 3.53. The van der Waals surface area contributed by atoms with Gasteiger partial charge < -0.3 is 9.72 Å². The lowest BCUT2D eigenvalue weighted by Gasteiger charge is -2.21. The van der Waals surface area contributed by atoms with Crippen LogP contribution in [0, 0.1) is 0 Å². The Labute approximate surface area is 183 Å². The third-order valence-corrected chi connectivity index (χ3v) is 5.35. The fourth-order valence-electron chi connectivity index (χ4n) is 3.53. The smallest absolute Gasteiger partial charge is 0.332 e. The van der Waals surface area contributed by atoms with Crippen molar-refractivity contribution in [3.05, 3.63) is 68.1 Å². The Hall–Kier alpha value is -3.50.